The second-order valence-corrected chi connectivity index (χ2v) is 8.31. The van der Waals surface area contributed by atoms with E-state index in [0.29, 0.717) is 18.9 Å². The van der Waals surface area contributed by atoms with E-state index in [1.54, 1.807) is 34.3 Å². The predicted molar refractivity (Wildman–Crippen MR) is 88.4 cm³/mol. The van der Waals surface area contributed by atoms with Gasteiger partial charge in [0.1, 0.15) is 5.52 Å². The second kappa shape index (κ2) is 6.13. The minimum Gasteiger partial charge on any atom is -0.367 e. The van der Waals surface area contributed by atoms with Gasteiger partial charge < -0.3 is 5.32 Å². The zero-order chi connectivity index (χ0) is 15.7. The summed E-state index contributed by atoms with van der Waals surface area (Å²) in [5.41, 5.74) is 0.852. The number of halogens is 1. The van der Waals surface area contributed by atoms with E-state index in [1.807, 2.05) is 0 Å². The fourth-order valence-corrected chi connectivity index (χ4v) is 4.63. The van der Waals surface area contributed by atoms with Crippen molar-refractivity contribution < 1.29 is 8.42 Å². The third kappa shape index (κ3) is 2.84. The summed E-state index contributed by atoms with van der Waals surface area (Å²) in [7, 11) is -3.15. The smallest absolute Gasteiger partial charge is 0.214 e. The third-order valence-corrected chi connectivity index (χ3v) is 6.44. The van der Waals surface area contributed by atoms with Gasteiger partial charge in [-0.3, -0.25) is 0 Å². The van der Waals surface area contributed by atoms with E-state index in [1.165, 1.54) is 0 Å². The first-order valence-corrected chi connectivity index (χ1v) is 9.64. The van der Waals surface area contributed by atoms with Gasteiger partial charge in [-0.2, -0.15) is 9.40 Å². The molecule has 9 heteroatoms. The number of nitrogens with zero attached hydrogens (tertiary/aromatic N) is 4. The van der Waals surface area contributed by atoms with Crippen molar-refractivity contribution in [1.29, 1.82) is 0 Å². The van der Waals surface area contributed by atoms with Crippen molar-refractivity contribution in [3.05, 3.63) is 23.1 Å². The Bertz CT molecular complexity index is 776. The van der Waals surface area contributed by atoms with Crippen molar-refractivity contribution >= 4 is 37.3 Å². The highest BCUT2D eigenvalue weighted by Gasteiger charge is 2.32. The number of hydrogen-bond donors (Lipinski definition) is 1. The van der Waals surface area contributed by atoms with E-state index in [2.05, 4.69) is 31.3 Å². The van der Waals surface area contributed by atoms with E-state index in [-0.39, 0.29) is 11.8 Å². The monoisotopic (exact) mass is 387 g/mol. The van der Waals surface area contributed by atoms with Crippen LogP contribution in [0.15, 0.2) is 23.1 Å². The summed E-state index contributed by atoms with van der Waals surface area (Å²) in [6.07, 6.45) is 6.93. The van der Waals surface area contributed by atoms with Crippen LogP contribution < -0.4 is 5.32 Å². The molecule has 1 unspecified atom stereocenters. The van der Waals surface area contributed by atoms with Gasteiger partial charge in [0.05, 0.1) is 16.4 Å². The van der Waals surface area contributed by atoms with Crippen LogP contribution >= 0.6 is 15.9 Å². The van der Waals surface area contributed by atoms with E-state index in [0.717, 1.165) is 22.8 Å². The Balaban J connectivity index is 1.78. The largest absolute Gasteiger partial charge is 0.367 e. The number of sulfonamides is 1. The van der Waals surface area contributed by atoms with Crippen LogP contribution in [0, 0.1) is 0 Å². The first-order chi connectivity index (χ1) is 10.5. The molecule has 1 atom stereocenters. The summed E-state index contributed by atoms with van der Waals surface area (Å²) < 4.78 is 28.4. The number of rotatable bonds is 5. The average Bonchev–Trinajstić information content (AvgIpc) is 3.13. The van der Waals surface area contributed by atoms with Crippen molar-refractivity contribution in [2.24, 2.45) is 0 Å². The lowest BCUT2D eigenvalue weighted by Gasteiger charge is -2.24. The number of hydrogen-bond acceptors (Lipinski definition) is 5. The highest BCUT2D eigenvalue weighted by atomic mass is 79.9. The summed E-state index contributed by atoms with van der Waals surface area (Å²) in [6.45, 7) is 2.84. The number of fused-ring (bicyclic) bond motifs is 1. The maximum Gasteiger partial charge on any atom is 0.214 e. The molecule has 3 heterocycles. The number of aromatic nitrogens is 3. The molecule has 2 aromatic heterocycles. The van der Waals surface area contributed by atoms with Gasteiger partial charge in [0, 0.05) is 31.5 Å². The summed E-state index contributed by atoms with van der Waals surface area (Å²) in [5.74, 6) is 0.846. The SMILES string of the molecule is CCS(=O)(=O)N1CCCC1CNc1nccn2ncc(Br)c12. The molecule has 0 aromatic carbocycles. The normalized spacial score (nSPS) is 19.8. The van der Waals surface area contributed by atoms with Crippen molar-refractivity contribution in [2.75, 3.05) is 24.2 Å². The van der Waals surface area contributed by atoms with Crippen LogP contribution in [-0.4, -0.2) is 52.2 Å². The summed E-state index contributed by atoms with van der Waals surface area (Å²) in [6, 6.07) is -0.0197. The highest BCUT2D eigenvalue weighted by Crippen LogP contribution is 2.25. The van der Waals surface area contributed by atoms with Gasteiger partial charge >= 0.3 is 0 Å². The Morgan fingerprint density at radius 3 is 3.09 bits per heavy atom. The molecular formula is C13H18BrN5O2S. The van der Waals surface area contributed by atoms with Gasteiger partial charge in [0.15, 0.2) is 5.82 Å². The zero-order valence-corrected chi connectivity index (χ0v) is 14.6. The first kappa shape index (κ1) is 15.7. The summed E-state index contributed by atoms with van der Waals surface area (Å²) in [5, 5.41) is 7.48. The molecule has 0 aliphatic carbocycles. The molecule has 1 saturated heterocycles. The van der Waals surface area contributed by atoms with Crippen LogP contribution in [0.3, 0.4) is 0 Å². The van der Waals surface area contributed by atoms with Crippen molar-refractivity contribution in [2.45, 2.75) is 25.8 Å². The molecule has 120 valence electrons. The van der Waals surface area contributed by atoms with Crippen LogP contribution in [0.4, 0.5) is 5.82 Å². The van der Waals surface area contributed by atoms with Crippen LogP contribution in [0.1, 0.15) is 19.8 Å². The molecule has 1 aliphatic rings. The van der Waals surface area contributed by atoms with Crippen molar-refractivity contribution in [3.63, 3.8) is 0 Å². The fourth-order valence-electron chi connectivity index (χ4n) is 2.80. The summed E-state index contributed by atoms with van der Waals surface area (Å²) >= 11 is 3.46. The number of nitrogens with one attached hydrogen (secondary N) is 1. The lowest BCUT2D eigenvalue weighted by Crippen LogP contribution is -2.40. The molecule has 7 nitrogen and oxygen atoms in total. The Labute approximate surface area is 137 Å². The molecule has 1 fully saturated rings. The molecule has 2 aromatic rings. The van der Waals surface area contributed by atoms with Gasteiger partial charge in [0.2, 0.25) is 10.0 Å². The lowest BCUT2D eigenvalue weighted by molar-refractivity contribution is 0.399. The molecular weight excluding hydrogens is 370 g/mol. The van der Waals surface area contributed by atoms with Gasteiger partial charge in [-0.15, -0.1) is 0 Å². The van der Waals surface area contributed by atoms with E-state index >= 15 is 0 Å². The van der Waals surface area contributed by atoms with Crippen LogP contribution in [0.2, 0.25) is 0 Å². The maximum absolute atomic E-state index is 12.1. The van der Waals surface area contributed by atoms with Gasteiger partial charge in [0.25, 0.3) is 0 Å². The number of anilines is 1. The molecule has 0 spiro atoms. The standard InChI is InChI=1S/C13H18BrN5O2S/c1-2-22(20,21)19-6-3-4-10(19)8-16-13-12-11(14)9-17-18(12)7-5-15-13/h5,7,9-10H,2-4,6,8H2,1H3,(H,15,16). The molecule has 22 heavy (non-hydrogen) atoms. The first-order valence-electron chi connectivity index (χ1n) is 7.24. The van der Waals surface area contributed by atoms with Crippen LogP contribution in [0.25, 0.3) is 5.52 Å². The molecule has 0 amide bonds. The van der Waals surface area contributed by atoms with Crippen LogP contribution in [-0.2, 0) is 10.0 Å². The molecule has 0 bridgehead atoms. The second-order valence-electron chi connectivity index (χ2n) is 5.25. The minimum atomic E-state index is -3.15. The molecule has 0 saturated carbocycles. The van der Waals surface area contributed by atoms with Crippen molar-refractivity contribution in [1.82, 2.24) is 18.9 Å². The topological polar surface area (TPSA) is 79.6 Å². The Hall–Kier alpha value is -1.19. The van der Waals surface area contributed by atoms with Gasteiger partial charge in [-0.25, -0.2) is 17.9 Å². The van der Waals surface area contributed by atoms with Crippen molar-refractivity contribution in [3.8, 4) is 0 Å². The Morgan fingerprint density at radius 2 is 2.32 bits per heavy atom. The molecule has 1 N–H and O–H groups in total. The Kier molecular flexibility index (Phi) is 4.37. The molecule has 0 radical (unpaired) electrons. The predicted octanol–water partition coefficient (Wildman–Crippen LogP) is 1.72. The van der Waals surface area contributed by atoms with Crippen LogP contribution in [0.5, 0.6) is 0 Å². The van der Waals surface area contributed by atoms with Gasteiger partial charge in [-0.1, -0.05) is 0 Å². The quantitative estimate of drug-likeness (QED) is 0.844. The lowest BCUT2D eigenvalue weighted by atomic mass is 10.2. The highest BCUT2D eigenvalue weighted by molar-refractivity contribution is 9.10. The maximum atomic E-state index is 12.1. The van der Waals surface area contributed by atoms with E-state index < -0.39 is 10.0 Å². The third-order valence-electron chi connectivity index (χ3n) is 3.94. The van der Waals surface area contributed by atoms with Gasteiger partial charge in [-0.05, 0) is 35.7 Å². The molecule has 3 rings (SSSR count). The van der Waals surface area contributed by atoms with E-state index in [4.69, 9.17) is 0 Å². The zero-order valence-electron chi connectivity index (χ0n) is 12.2. The average molecular weight is 388 g/mol. The summed E-state index contributed by atoms with van der Waals surface area (Å²) in [4.78, 5) is 4.34. The molecule has 1 aliphatic heterocycles. The Morgan fingerprint density at radius 1 is 1.50 bits per heavy atom. The van der Waals surface area contributed by atoms with E-state index in [9.17, 15) is 8.42 Å². The fraction of sp³-hybridized carbons (Fsp3) is 0.538. The minimum absolute atomic E-state index is 0.0197.